The molecule has 0 aliphatic heterocycles. The van der Waals surface area contributed by atoms with E-state index in [9.17, 15) is 13.0 Å². The molecule has 0 aliphatic rings. The van der Waals surface area contributed by atoms with Crippen LogP contribution in [0.2, 0.25) is 0 Å². The number of nitrogens with zero attached hydrogens (tertiary/aromatic N) is 1. The summed E-state index contributed by atoms with van der Waals surface area (Å²) in [6.07, 6.45) is 1.63. The number of fused-ring (bicyclic) bond motifs is 1. The molecule has 3 aromatic rings. The third-order valence-electron chi connectivity index (χ3n) is 2.93. The summed E-state index contributed by atoms with van der Waals surface area (Å²) in [5.74, 6) is 1.05. The number of ether oxygens (including phenoxy) is 1. The maximum Gasteiger partial charge on any atom is 1.00 e. The zero-order chi connectivity index (χ0) is 14.9. The van der Waals surface area contributed by atoms with E-state index < -0.39 is 10.1 Å². The Hall–Kier alpha value is -1.44. The number of pyridine rings is 1. The largest absolute Gasteiger partial charge is 1.00 e. The van der Waals surface area contributed by atoms with Crippen molar-refractivity contribution < 1.29 is 47.3 Å². The molecule has 106 valence electrons. The molecule has 5 nitrogen and oxygen atoms in total. The first-order valence-corrected chi connectivity index (χ1v) is 7.52. The molecule has 7 heteroatoms. The number of hydrogen-bond acceptors (Lipinski definition) is 5. The second-order valence-corrected chi connectivity index (χ2v) is 5.77. The third-order valence-corrected chi connectivity index (χ3v) is 3.76. The van der Waals surface area contributed by atoms with Gasteiger partial charge in [-0.2, -0.15) is 0 Å². The smallest absolute Gasteiger partial charge is 0.744 e. The van der Waals surface area contributed by atoms with E-state index in [-0.39, 0.29) is 34.5 Å². The van der Waals surface area contributed by atoms with Gasteiger partial charge in [-0.15, -0.1) is 0 Å². The minimum atomic E-state index is -4.44. The summed E-state index contributed by atoms with van der Waals surface area (Å²) in [5, 5.41) is 1.43. The Bertz CT molecular complexity index is 898. The van der Waals surface area contributed by atoms with E-state index in [0.717, 1.165) is 5.39 Å². The van der Waals surface area contributed by atoms with Crippen molar-refractivity contribution in [3.8, 4) is 11.6 Å². The third kappa shape index (κ3) is 3.85. The second kappa shape index (κ2) is 6.76. The number of aromatic nitrogens is 1. The van der Waals surface area contributed by atoms with Crippen LogP contribution in [-0.4, -0.2) is 18.0 Å². The van der Waals surface area contributed by atoms with E-state index in [4.69, 9.17) is 4.74 Å². The number of benzene rings is 2. The maximum absolute atomic E-state index is 11.0. The number of rotatable bonds is 3. The Kier molecular flexibility index (Phi) is 5.20. The second-order valence-electron chi connectivity index (χ2n) is 4.39. The fourth-order valence-electron chi connectivity index (χ4n) is 1.95. The van der Waals surface area contributed by atoms with Crippen LogP contribution in [-0.2, 0) is 10.1 Å². The summed E-state index contributed by atoms with van der Waals surface area (Å²) >= 11 is 0. The van der Waals surface area contributed by atoms with Crippen LogP contribution < -0.4 is 34.3 Å². The van der Waals surface area contributed by atoms with Crippen molar-refractivity contribution >= 4 is 20.9 Å². The van der Waals surface area contributed by atoms with Gasteiger partial charge in [0.05, 0.1) is 4.90 Å². The van der Waals surface area contributed by atoms with E-state index in [1.807, 2.05) is 6.07 Å². The van der Waals surface area contributed by atoms with Crippen molar-refractivity contribution in [1.29, 1.82) is 0 Å². The van der Waals surface area contributed by atoms with Gasteiger partial charge in [0.1, 0.15) is 15.9 Å². The maximum atomic E-state index is 11.0. The Balaban J connectivity index is 0.00000176. The summed E-state index contributed by atoms with van der Waals surface area (Å²) < 4.78 is 38.6. The molecule has 0 radical (unpaired) electrons. The first kappa shape index (κ1) is 16.9. The van der Waals surface area contributed by atoms with Crippen LogP contribution in [0.1, 0.15) is 0 Å². The molecule has 1 heterocycles. The van der Waals surface area contributed by atoms with Crippen LogP contribution >= 0.6 is 0 Å². The van der Waals surface area contributed by atoms with Gasteiger partial charge >= 0.3 is 29.6 Å². The molecular formula is C15H10NNaO4S. The van der Waals surface area contributed by atoms with Crippen molar-refractivity contribution in [3.05, 3.63) is 60.8 Å². The van der Waals surface area contributed by atoms with Crippen LogP contribution in [0.3, 0.4) is 0 Å². The Morgan fingerprint density at radius 3 is 2.36 bits per heavy atom. The fourth-order valence-corrected chi connectivity index (χ4v) is 2.46. The Morgan fingerprint density at radius 1 is 0.955 bits per heavy atom. The minimum absolute atomic E-state index is 0. The average molecular weight is 323 g/mol. The van der Waals surface area contributed by atoms with Gasteiger partial charge in [0.25, 0.3) is 0 Å². The molecular weight excluding hydrogens is 313 g/mol. The van der Waals surface area contributed by atoms with E-state index in [2.05, 4.69) is 4.98 Å². The minimum Gasteiger partial charge on any atom is -0.744 e. The van der Waals surface area contributed by atoms with Crippen molar-refractivity contribution in [2.45, 2.75) is 4.90 Å². The molecule has 22 heavy (non-hydrogen) atoms. The van der Waals surface area contributed by atoms with Gasteiger partial charge < -0.3 is 9.29 Å². The van der Waals surface area contributed by atoms with Gasteiger partial charge in [0, 0.05) is 12.3 Å². The fraction of sp³-hybridized carbons (Fsp3) is 0. The van der Waals surface area contributed by atoms with Gasteiger partial charge in [-0.3, -0.25) is 0 Å². The molecule has 0 atom stereocenters. The predicted molar refractivity (Wildman–Crippen MR) is 76.2 cm³/mol. The van der Waals surface area contributed by atoms with Crippen LogP contribution in [0.4, 0.5) is 0 Å². The standard InChI is InChI=1S/C15H11NO4S.Na/c17-21(18,19)14-7-5-11-9-13(6-4-12(11)10-14)20-15-3-1-2-8-16-15;/h1-10H,(H,17,18,19);/q;+1/p-1. The summed E-state index contributed by atoms with van der Waals surface area (Å²) in [4.78, 5) is 3.82. The SMILES string of the molecule is O=S(=O)([O-])c1ccc2cc(Oc3ccccn3)ccc2c1.[Na+]. The van der Waals surface area contributed by atoms with Gasteiger partial charge in [-0.25, -0.2) is 13.4 Å². The van der Waals surface area contributed by atoms with Gasteiger partial charge in [-0.1, -0.05) is 18.2 Å². The summed E-state index contributed by atoms with van der Waals surface area (Å²) in [5.41, 5.74) is 0. The van der Waals surface area contributed by atoms with Gasteiger partial charge in [0.2, 0.25) is 5.88 Å². The molecule has 0 fully saturated rings. The average Bonchev–Trinajstić information content (AvgIpc) is 2.47. The van der Waals surface area contributed by atoms with E-state index in [1.54, 1.807) is 42.6 Å². The molecule has 0 spiro atoms. The molecule has 3 rings (SSSR count). The van der Waals surface area contributed by atoms with E-state index >= 15 is 0 Å². The molecule has 0 N–H and O–H groups in total. The van der Waals surface area contributed by atoms with Gasteiger partial charge in [0.15, 0.2) is 0 Å². The normalized spacial score (nSPS) is 11.0. The first-order chi connectivity index (χ1) is 10.0. The monoisotopic (exact) mass is 323 g/mol. The molecule has 0 saturated heterocycles. The van der Waals surface area contributed by atoms with E-state index in [1.165, 1.54) is 12.1 Å². The van der Waals surface area contributed by atoms with Crippen LogP contribution in [0.15, 0.2) is 65.7 Å². The summed E-state index contributed by atoms with van der Waals surface area (Å²) in [7, 11) is -4.44. The van der Waals surface area contributed by atoms with Crippen LogP contribution in [0.25, 0.3) is 10.8 Å². The topological polar surface area (TPSA) is 79.3 Å². The summed E-state index contributed by atoms with van der Waals surface area (Å²) in [6, 6.07) is 14.7. The molecule has 2 aromatic carbocycles. The van der Waals surface area contributed by atoms with Crippen molar-refractivity contribution in [1.82, 2.24) is 4.98 Å². The molecule has 0 saturated carbocycles. The zero-order valence-corrected chi connectivity index (χ0v) is 14.6. The van der Waals surface area contributed by atoms with Crippen molar-refractivity contribution in [2.75, 3.05) is 0 Å². The Morgan fingerprint density at radius 2 is 1.68 bits per heavy atom. The van der Waals surface area contributed by atoms with Crippen molar-refractivity contribution in [2.24, 2.45) is 0 Å². The van der Waals surface area contributed by atoms with Crippen LogP contribution in [0, 0.1) is 0 Å². The van der Waals surface area contributed by atoms with Crippen LogP contribution in [0.5, 0.6) is 11.6 Å². The molecule has 0 amide bonds. The zero-order valence-electron chi connectivity index (χ0n) is 11.8. The quantitative estimate of drug-likeness (QED) is 0.498. The first-order valence-electron chi connectivity index (χ1n) is 6.11. The predicted octanol–water partition coefficient (Wildman–Crippen LogP) is -0.0648. The molecule has 0 bridgehead atoms. The van der Waals surface area contributed by atoms with E-state index in [0.29, 0.717) is 17.0 Å². The molecule has 0 aliphatic carbocycles. The van der Waals surface area contributed by atoms with Gasteiger partial charge in [-0.05, 0) is 41.1 Å². The van der Waals surface area contributed by atoms with Crippen molar-refractivity contribution in [3.63, 3.8) is 0 Å². The molecule has 0 unspecified atom stereocenters. The summed E-state index contributed by atoms with van der Waals surface area (Å²) in [6.45, 7) is 0. The Labute approximate surface area is 150 Å². The number of hydrogen-bond donors (Lipinski definition) is 0. The molecule has 1 aromatic heterocycles.